The third kappa shape index (κ3) is 3.40. The maximum Gasteiger partial charge on any atom is 0.323 e. The number of carbonyl (C=O) groups excluding carboxylic acids is 1. The van der Waals surface area contributed by atoms with Crippen LogP contribution in [0.2, 0.25) is 5.02 Å². The molecule has 0 atom stereocenters. The fourth-order valence-corrected chi connectivity index (χ4v) is 1.32. The predicted octanol–water partition coefficient (Wildman–Crippen LogP) is 2.47. The number of carbonyl (C=O) groups is 1. The third-order valence-electron chi connectivity index (χ3n) is 2.22. The van der Waals surface area contributed by atoms with E-state index in [0.29, 0.717) is 16.3 Å². The Labute approximate surface area is 106 Å². The Morgan fingerprint density at radius 2 is 2.12 bits per heavy atom. The number of esters is 1. The molecule has 0 aliphatic rings. The number of ether oxygens (including phenoxy) is 1. The summed E-state index contributed by atoms with van der Waals surface area (Å²) in [5.74, 6) is 5.36. The summed E-state index contributed by atoms with van der Waals surface area (Å²) in [6.45, 7) is 3.40. The van der Waals surface area contributed by atoms with Crippen molar-refractivity contribution in [2.45, 2.75) is 13.8 Å². The van der Waals surface area contributed by atoms with E-state index < -0.39 is 5.41 Å². The van der Waals surface area contributed by atoms with E-state index in [0.717, 1.165) is 0 Å². The molecule has 1 rings (SSSR count). The van der Waals surface area contributed by atoms with Crippen LogP contribution in [0.5, 0.6) is 0 Å². The molecular formula is C13H14ClNO2. The molecule has 0 fully saturated rings. The summed E-state index contributed by atoms with van der Waals surface area (Å²) in [4.78, 5) is 11.4. The summed E-state index contributed by atoms with van der Waals surface area (Å²) in [6.07, 6.45) is 0. The monoisotopic (exact) mass is 251 g/mol. The van der Waals surface area contributed by atoms with E-state index in [1.807, 2.05) is 0 Å². The molecule has 0 saturated carbocycles. The molecule has 4 heteroatoms. The Bertz CT molecular complexity index is 498. The van der Waals surface area contributed by atoms with Gasteiger partial charge in [0.25, 0.3) is 0 Å². The molecule has 0 amide bonds. The van der Waals surface area contributed by atoms with Crippen molar-refractivity contribution >= 4 is 23.3 Å². The van der Waals surface area contributed by atoms with Gasteiger partial charge in [-0.1, -0.05) is 23.4 Å². The topological polar surface area (TPSA) is 52.3 Å². The lowest BCUT2D eigenvalue weighted by Gasteiger charge is -2.13. The second kappa shape index (κ2) is 5.11. The molecule has 0 unspecified atom stereocenters. The highest BCUT2D eigenvalue weighted by Crippen LogP contribution is 2.20. The highest BCUT2D eigenvalue weighted by atomic mass is 35.5. The molecule has 17 heavy (non-hydrogen) atoms. The largest absolute Gasteiger partial charge is 0.468 e. The Morgan fingerprint density at radius 3 is 2.65 bits per heavy atom. The minimum atomic E-state index is -0.845. The van der Waals surface area contributed by atoms with Crippen molar-refractivity contribution < 1.29 is 9.53 Å². The summed E-state index contributed by atoms with van der Waals surface area (Å²) in [5.41, 5.74) is 5.96. The number of benzene rings is 1. The van der Waals surface area contributed by atoms with Gasteiger partial charge in [0.2, 0.25) is 0 Å². The van der Waals surface area contributed by atoms with Crippen molar-refractivity contribution in [1.29, 1.82) is 0 Å². The summed E-state index contributed by atoms with van der Waals surface area (Å²) in [6, 6.07) is 5.09. The van der Waals surface area contributed by atoms with E-state index in [2.05, 4.69) is 16.6 Å². The van der Waals surface area contributed by atoms with Crippen molar-refractivity contribution in [3.63, 3.8) is 0 Å². The van der Waals surface area contributed by atoms with Gasteiger partial charge in [-0.2, -0.15) is 0 Å². The molecule has 0 heterocycles. The zero-order valence-corrected chi connectivity index (χ0v) is 10.8. The van der Waals surface area contributed by atoms with Crippen LogP contribution in [0, 0.1) is 17.3 Å². The maximum atomic E-state index is 11.4. The molecule has 0 spiro atoms. The van der Waals surface area contributed by atoms with Crippen LogP contribution in [-0.2, 0) is 9.53 Å². The molecule has 3 nitrogen and oxygen atoms in total. The number of nitrogen functional groups attached to an aromatic ring is 1. The number of nitrogens with two attached hydrogens (primary N) is 1. The van der Waals surface area contributed by atoms with E-state index in [1.54, 1.807) is 32.0 Å². The van der Waals surface area contributed by atoms with Crippen molar-refractivity contribution in [3.05, 3.63) is 28.8 Å². The first-order valence-electron chi connectivity index (χ1n) is 5.03. The third-order valence-corrected chi connectivity index (χ3v) is 2.54. The normalized spacial score (nSPS) is 10.4. The quantitative estimate of drug-likeness (QED) is 0.474. The lowest BCUT2D eigenvalue weighted by molar-refractivity contribution is -0.147. The second-order valence-corrected chi connectivity index (χ2v) is 4.51. The first-order valence-corrected chi connectivity index (χ1v) is 5.41. The summed E-state index contributed by atoms with van der Waals surface area (Å²) in [7, 11) is 1.34. The second-order valence-electron chi connectivity index (χ2n) is 4.10. The fourth-order valence-electron chi connectivity index (χ4n) is 1.14. The first kappa shape index (κ1) is 13.4. The highest BCUT2D eigenvalue weighted by Gasteiger charge is 2.25. The van der Waals surface area contributed by atoms with Crippen LogP contribution in [0.1, 0.15) is 19.4 Å². The SMILES string of the molecule is COC(=O)C(C)(C)C#Cc1ccc(N)c(Cl)c1. The Kier molecular flexibility index (Phi) is 4.03. The first-order chi connectivity index (χ1) is 7.86. The molecule has 0 aliphatic carbocycles. The van der Waals surface area contributed by atoms with Crippen molar-refractivity contribution in [3.8, 4) is 11.8 Å². The number of anilines is 1. The predicted molar refractivity (Wildman–Crippen MR) is 68.5 cm³/mol. The average Bonchev–Trinajstić information content (AvgIpc) is 2.29. The molecule has 0 radical (unpaired) electrons. The van der Waals surface area contributed by atoms with E-state index in [1.165, 1.54) is 7.11 Å². The minimum absolute atomic E-state index is 0.369. The number of hydrogen-bond donors (Lipinski definition) is 1. The van der Waals surface area contributed by atoms with Gasteiger partial charge in [0.15, 0.2) is 0 Å². The zero-order chi connectivity index (χ0) is 13.1. The van der Waals surface area contributed by atoms with Gasteiger partial charge in [-0.05, 0) is 32.0 Å². The summed E-state index contributed by atoms with van der Waals surface area (Å²) < 4.78 is 4.66. The van der Waals surface area contributed by atoms with E-state index in [-0.39, 0.29) is 5.97 Å². The van der Waals surface area contributed by atoms with Crippen LogP contribution < -0.4 is 5.73 Å². The van der Waals surface area contributed by atoms with Gasteiger partial charge in [-0.15, -0.1) is 0 Å². The van der Waals surface area contributed by atoms with Gasteiger partial charge in [0.1, 0.15) is 5.41 Å². The fraction of sp³-hybridized carbons (Fsp3) is 0.308. The van der Waals surface area contributed by atoms with Crippen LogP contribution in [-0.4, -0.2) is 13.1 Å². The van der Waals surface area contributed by atoms with Gasteiger partial charge in [0.05, 0.1) is 17.8 Å². The molecule has 0 aromatic heterocycles. The van der Waals surface area contributed by atoms with E-state index >= 15 is 0 Å². The number of halogens is 1. The van der Waals surface area contributed by atoms with Crippen LogP contribution in [0.3, 0.4) is 0 Å². The number of methoxy groups -OCH3 is 1. The molecule has 90 valence electrons. The molecular weight excluding hydrogens is 238 g/mol. The van der Waals surface area contributed by atoms with Gasteiger partial charge >= 0.3 is 5.97 Å². The van der Waals surface area contributed by atoms with Crippen LogP contribution >= 0.6 is 11.6 Å². The van der Waals surface area contributed by atoms with Crippen LogP contribution in [0.4, 0.5) is 5.69 Å². The van der Waals surface area contributed by atoms with Crippen LogP contribution in [0.25, 0.3) is 0 Å². The minimum Gasteiger partial charge on any atom is -0.468 e. The van der Waals surface area contributed by atoms with E-state index in [4.69, 9.17) is 17.3 Å². The Morgan fingerprint density at radius 1 is 1.47 bits per heavy atom. The lowest BCUT2D eigenvalue weighted by atomic mass is 9.94. The standard InChI is InChI=1S/C13H14ClNO2/c1-13(2,12(16)17-3)7-6-9-4-5-11(15)10(14)8-9/h4-5,8H,15H2,1-3H3. The summed E-state index contributed by atoms with van der Waals surface area (Å²) in [5, 5.41) is 0.452. The number of hydrogen-bond acceptors (Lipinski definition) is 3. The maximum absolute atomic E-state index is 11.4. The van der Waals surface area contributed by atoms with Crippen LogP contribution in [0.15, 0.2) is 18.2 Å². The van der Waals surface area contributed by atoms with Crippen molar-refractivity contribution in [2.24, 2.45) is 5.41 Å². The molecule has 0 aliphatic heterocycles. The van der Waals surface area contributed by atoms with Gasteiger partial charge in [0, 0.05) is 5.56 Å². The molecule has 2 N–H and O–H groups in total. The summed E-state index contributed by atoms with van der Waals surface area (Å²) >= 11 is 5.87. The van der Waals surface area contributed by atoms with Crippen molar-refractivity contribution in [2.75, 3.05) is 12.8 Å². The number of rotatable bonds is 1. The van der Waals surface area contributed by atoms with Gasteiger partial charge in [-0.3, -0.25) is 4.79 Å². The smallest absolute Gasteiger partial charge is 0.323 e. The Hall–Kier alpha value is -1.66. The van der Waals surface area contributed by atoms with Gasteiger partial charge < -0.3 is 10.5 Å². The molecule has 1 aromatic carbocycles. The van der Waals surface area contributed by atoms with Crippen molar-refractivity contribution in [1.82, 2.24) is 0 Å². The van der Waals surface area contributed by atoms with E-state index in [9.17, 15) is 4.79 Å². The lowest BCUT2D eigenvalue weighted by Crippen LogP contribution is -2.23. The zero-order valence-electron chi connectivity index (χ0n) is 10.0. The molecule has 0 bridgehead atoms. The highest BCUT2D eigenvalue weighted by molar-refractivity contribution is 6.33. The molecule has 0 saturated heterocycles. The molecule has 1 aromatic rings. The Balaban J connectivity index is 2.99. The van der Waals surface area contributed by atoms with Gasteiger partial charge in [-0.25, -0.2) is 0 Å². The average molecular weight is 252 g/mol.